The summed E-state index contributed by atoms with van der Waals surface area (Å²) in [4.78, 5) is 18.5. The topological polar surface area (TPSA) is 30.0 Å². The number of hydrogen-bond acceptors (Lipinski definition) is 4. The van der Waals surface area contributed by atoms with E-state index in [1.165, 1.54) is 47.5 Å². The maximum atomic E-state index is 12.3. The fourth-order valence-electron chi connectivity index (χ4n) is 5.41. The quantitative estimate of drug-likeness (QED) is 0.138. The number of carbonyl (C=O) groups excluding carboxylic acids is 1. The summed E-state index contributed by atoms with van der Waals surface area (Å²) in [6.07, 6.45) is 9.42. The molecule has 1 heterocycles. The van der Waals surface area contributed by atoms with E-state index >= 15 is 0 Å². The van der Waals surface area contributed by atoms with Crippen molar-refractivity contribution in [1.29, 1.82) is 0 Å². The summed E-state index contributed by atoms with van der Waals surface area (Å²) < 4.78 is 0. The van der Waals surface area contributed by atoms with Crippen molar-refractivity contribution in [3.05, 3.63) is 112 Å². The molecule has 0 N–H and O–H groups in total. The van der Waals surface area contributed by atoms with Gasteiger partial charge in [0.1, 0.15) is 0 Å². The number of aryl methyl sites for hydroxylation is 1. The van der Waals surface area contributed by atoms with E-state index in [1.54, 1.807) is 6.92 Å². The van der Waals surface area contributed by atoms with E-state index in [0.717, 1.165) is 46.3 Å². The second kappa shape index (κ2) is 12.8. The molecule has 2 nitrogen and oxygen atoms in total. The summed E-state index contributed by atoms with van der Waals surface area (Å²) in [6.45, 7) is 6.49. The highest BCUT2D eigenvalue weighted by Crippen LogP contribution is 2.51. The van der Waals surface area contributed by atoms with Gasteiger partial charge in [-0.05, 0) is 109 Å². The van der Waals surface area contributed by atoms with Gasteiger partial charge in [-0.3, -0.25) is 4.79 Å². The largest absolute Gasteiger partial charge is 0.295 e. The van der Waals surface area contributed by atoms with Crippen LogP contribution >= 0.6 is 35.1 Å². The number of ketones is 1. The Morgan fingerprint density at radius 3 is 2.44 bits per heavy atom. The van der Waals surface area contributed by atoms with Crippen LogP contribution < -0.4 is 0 Å². The molecule has 6 rings (SSSR count). The van der Waals surface area contributed by atoms with Crippen LogP contribution in [0.2, 0.25) is 5.02 Å². The first-order valence-corrected chi connectivity index (χ1v) is 17.8. The molecule has 5 heteroatoms. The molecule has 3 aromatic carbocycles. The number of hydrogen-bond donors (Lipinski definition) is 0. The van der Waals surface area contributed by atoms with E-state index in [1.807, 2.05) is 42.1 Å². The Morgan fingerprint density at radius 2 is 1.67 bits per heavy atom. The zero-order valence-corrected chi connectivity index (χ0v) is 27.8. The van der Waals surface area contributed by atoms with Gasteiger partial charge in [-0.15, -0.1) is 11.8 Å². The second-order valence-corrected chi connectivity index (χ2v) is 15.8. The monoisotopic (exact) mass is 625 g/mol. The lowest BCUT2D eigenvalue weighted by Gasteiger charge is -2.21. The van der Waals surface area contributed by atoms with Gasteiger partial charge in [-0.25, -0.2) is 4.98 Å². The maximum Gasteiger partial charge on any atom is 0.160 e. The predicted molar refractivity (Wildman–Crippen MR) is 188 cm³/mol. The first-order valence-electron chi connectivity index (χ1n) is 15.4. The van der Waals surface area contributed by atoms with Crippen LogP contribution in [0.15, 0.2) is 78.9 Å². The van der Waals surface area contributed by atoms with Gasteiger partial charge in [-0.2, -0.15) is 11.8 Å². The summed E-state index contributed by atoms with van der Waals surface area (Å²) in [5.41, 5.74) is 7.43. The number of rotatable bonds is 13. The molecule has 1 aromatic heterocycles. The minimum atomic E-state index is 0.146. The number of halogens is 1. The highest BCUT2D eigenvalue weighted by molar-refractivity contribution is 8.08. The van der Waals surface area contributed by atoms with Crippen molar-refractivity contribution in [3.8, 4) is 0 Å². The van der Waals surface area contributed by atoms with Crippen molar-refractivity contribution in [3.63, 3.8) is 0 Å². The van der Waals surface area contributed by atoms with E-state index in [9.17, 15) is 4.79 Å². The molecular weight excluding hydrogens is 586 g/mol. The molecule has 0 bridgehead atoms. The van der Waals surface area contributed by atoms with Gasteiger partial charge in [0.25, 0.3) is 0 Å². The molecule has 0 radical (unpaired) electrons. The van der Waals surface area contributed by atoms with Crippen LogP contribution in [-0.4, -0.2) is 22.3 Å². The van der Waals surface area contributed by atoms with Crippen LogP contribution in [0.5, 0.6) is 0 Å². The lowest BCUT2D eigenvalue weighted by atomic mass is 9.97. The molecule has 0 amide bonds. The molecule has 0 aliphatic heterocycles. The Morgan fingerprint density at radius 1 is 0.930 bits per heavy atom. The summed E-state index contributed by atoms with van der Waals surface area (Å²) in [6, 6.07) is 27.4. The van der Waals surface area contributed by atoms with Crippen LogP contribution in [0.4, 0.5) is 0 Å². The SMILES string of the molecule is CC(=O)c1ccccc1CC[C@@H](SCC1(C)CC1)c1cccc(C(=Cc2ccc3ccc(Cl)cc3n2)SCC2(C)CC2)c1. The molecule has 2 fully saturated rings. The zero-order chi connectivity index (χ0) is 30.0. The number of Topliss-reactive ketones (excluding diaryl/α,β-unsaturated/α-hetero) is 1. The van der Waals surface area contributed by atoms with Crippen molar-refractivity contribution in [1.82, 2.24) is 4.98 Å². The Bertz CT molecular complexity index is 1670. The lowest BCUT2D eigenvalue weighted by Crippen LogP contribution is -2.06. The van der Waals surface area contributed by atoms with Gasteiger partial charge in [0.05, 0.1) is 11.2 Å². The van der Waals surface area contributed by atoms with Crippen LogP contribution in [0, 0.1) is 10.8 Å². The third kappa shape index (κ3) is 7.95. The van der Waals surface area contributed by atoms with Gasteiger partial charge < -0.3 is 0 Å². The molecule has 2 aliphatic carbocycles. The van der Waals surface area contributed by atoms with Crippen molar-refractivity contribution < 1.29 is 4.79 Å². The number of benzene rings is 3. The number of pyridine rings is 1. The van der Waals surface area contributed by atoms with E-state index in [-0.39, 0.29) is 5.78 Å². The summed E-state index contributed by atoms with van der Waals surface area (Å²) in [7, 11) is 0. The molecular formula is C38H40ClNOS2. The smallest absolute Gasteiger partial charge is 0.160 e. The third-order valence-electron chi connectivity index (χ3n) is 8.99. The molecule has 1 atom stereocenters. The summed E-state index contributed by atoms with van der Waals surface area (Å²) in [5, 5.41) is 2.17. The van der Waals surface area contributed by atoms with E-state index in [2.05, 4.69) is 80.2 Å². The summed E-state index contributed by atoms with van der Waals surface area (Å²) >= 11 is 10.4. The highest BCUT2D eigenvalue weighted by atomic mass is 35.5. The second-order valence-electron chi connectivity index (χ2n) is 13.2. The lowest BCUT2D eigenvalue weighted by molar-refractivity contribution is 0.101. The van der Waals surface area contributed by atoms with Gasteiger partial charge in [0.2, 0.25) is 0 Å². The first-order chi connectivity index (χ1) is 20.7. The Hall–Kier alpha value is -2.53. The van der Waals surface area contributed by atoms with Crippen molar-refractivity contribution in [2.45, 2.75) is 64.5 Å². The number of thioether (sulfide) groups is 2. The average Bonchev–Trinajstić information content (AvgIpc) is 3.93. The van der Waals surface area contributed by atoms with Crippen molar-refractivity contribution in [2.24, 2.45) is 10.8 Å². The van der Waals surface area contributed by atoms with Crippen LogP contribution in [0.1, 0.15) is 90.9 Å². The molecule has 0 unspecified atom stereocenters. The molecule has 4 aromatic rings. The number of nitrogens with zero attached hydrogens (tertiary/aromatic N) is 1. The van der Waals surface area contributed by atoms with Crippen molar-refractivity contribution in [2.75, 3.05) is 11.5 Å². The highest BCUT2D eigenvalue weighted by Gasteiger charge is 2.38. The molecule has 2 aliphatic rings. The number of carbonyl (C=O) groups is 1. The fourth-order valence-corrected chi connectivity index (χ4v) is 8.38. The normalized spacial score (nSPS) is 17.5. The average molecular weight is 626 g/mol. The van der Waals surface area contributed by atoms with Crippen LogP contribution in [0.3, 0.4) is 0 Å². The Labute approximate surface area is 270 Å². The van der Waals surface area contributed by atoms with E-state index in [4.69, 9.17) is 16.6 Å². The van der Waals surface area contributed by atoms with Gasteiger partial charge >= 0.3 is 0 Å². The third-order valence-corrected chi connectivity index (χ3v) is 12.5. The van der Waals surface area contributed by atoms with E-state index < -0.39 is 0 Å². The molecule has 0 spiro atoms. The van der Waals surface area contributed by atoms with Gasteiger partial charge in [0.15, 0.2) is 5.78 Å². The Balaban J connectivity index is 1.31. The maximum absolute atomic E-state index is 12.3. The standard InChI is InChI=1S/C38H40ClNOS2/c1-26(41)33-10-5-4-7-27(33)13-16-35(42-24-37(2)17-18-37)29-8-6-9-30(21-29)36(43-25-38(3)19-20-38)23-32-15-12-28-11-14-31(39)22-34(28)40-32/h4-12,14-15,21-23,35H,13,16-20,24-25H2,1-3H3/t35-/m1/s1. The summed E-state index contributed by atoms with van der Waals surface area (Å²) in [5.74, 6) is 2.43. The molecule has 43 heavy (non-hydrogen) atoms. The minimum absolute atomic E-state index is 0.146. The molecule has 2 saturated carbocycles. The van der Waals surface area contributed by atoms with Crippen LogP contribution in [0.25, 0.3) is 21.9 Å². The zero-order valence-electron chi connectivity index (χ0n) is 25.4. The number of aromatic nitrogens is 1. The minimum Gasteiger partial charge on any atom is -0.295 e. The molecule has 222 valence electrons. The first kappa shape index (κ1) is 30.5. The van der Waals surface area contributed by atoms with Crippen LogP contribution in [-0.2, 0) is 6.42 Å². The van der Waals surface area contributed by atoms with Gasteiger partial charge in [0, 0.05) is 31.9 Å². The fraction of sp³-hybridized carbons (Fsp3) is 0.368. The van der Waals surface area contributed by atoms with Gasteiger partial charge in [-0.1, -0.05) is 80.0 Å². The van der Waals surface area contributed by atoms with Crippen molar-refractivity contribution >= 4 is 62.8 Å². The molecule has 0 saturated heterocycles. The number of fused-ring (bicyclic) bond motifs is 1. The van der Waals surface area contributed by atoms with E-state index in [0.29, 0.717) is 21.1 Å². The Kier molecular flexibility index (Phi) is 9.10. The predicted octanol–water partition coefficient (Wildman–Crippen LogP) is 11.3.